The zero-order chi connectivity index (χ0) is 12.2. The number of hydrazine groups is 1. The smallest absolute Gasteiger partial charge is 0.0521 e. The summed E-state index contributed by atoms with van der Waals surface area (Å²) in [5.74, 6) is 0. The van der Waals surface area contributed by atoms with E-state index in [0.717, 1.165) is 13.1 Å². The number of hydrogen-bond acceptors (Lipinski definition) is 2. The zero-order valence-electron chi connectivity index (χ0n) is 11.3. The van der Waals surface area contributed by atoms with Crippen molar-refractivity contribution in [1.29, 1.82) is 0 Å². The average Bonchev–Trinajstić information content (AvgIpc) is 2.38. The largest absolute Gasteiger partial charge is 0.312 e. The van der Waals surface area contributed by atoms with Gasteiger partial charge in [-0.1, -0.05) is 64.0 Å². The normalized spacial score (nSPS) is 14.5. The summed E-state index contributed by atoms with van der Waals surface area (Å²) in [6, 6.07) is 0. The maximum absolute atomic E-state index is 3.43. The van der Waals surface area contributed by atoms with E-state index in [-0.39, 0.29) is 0 Å². The third-order valence-electron chi connectivity index (χ3n) is 3.16. The molecule has 98 valence electrons. The first kappa shape index (κ1) is 14.3. The van der Waals surface area contributed by atoms with E-state index >= 15 is 0 Å². The number of hydrogen-bond donors (Lipinski definition) is 1. The maximum Gasteiger partial charge on any atom is 0.0521 e. The van der Waals surface area contributed by atoms with E-state index in [2.05, 4.69) is 41.8 Å². The third-order valence-corrected chi connectivity index (χ3v) is 3.16. The molecule has 1 aliphatic heterocycles. The Balaban J connectivity index is 1.78. The molecule has 0 bridgehead atoms. The van der Waals surface area contributed by atoms with Gasteiger partial charge in [0.05, 0.1) is 6.54 Å². The predicted octanol–water partition coefficient (Wildman–Crippen LogP) is 4.02. The van der Waals surface area contributed by atoms with Crippen LogP contribution in [0.1, 0.15) is 58.3 Å². The van der Waals surface area contributed by atoms with Crippen molar-refractivity contribution in [2.75, 3.05) is 13.1 Å². The first-order valence-corrected chi connectivity index (χ1v) is 7.27. The van der Waals surface area contributed by atoms with E-state index in [1.54, 1.807) is 0 Å². The molecule has 0 fully saturated rings. The Morgan fingerprint density at radius 2 is 1.65 bits per heavy atom. The van der Waals surface area contributed by atoms with Crippen molar-refractivity contribution >= 4 is 0 Å². The second-order valence-electron chi connectivity index (χ2n) is 4.81. The van der Waals surface area contributed by atoms with Gasteiger partial charge in [-0.2, -0.15) is 0 Å². The van der Waals surface area contributed by atoms with Crippen LogP contribution in [0, 0.1) is 0 Å². The van der Waals surface area contributed by atoms with Gasteiger partial charge in [0.1, 0.15) is 0 Å². The second-order valence-corrected chi connectivity index (χ2v) is 4.81. The Morgan fingerprint density at radius 1 is 0.941 bits per heavy atom. The van der Waals surface area contributed by atoms with Crippen molar-refractivity contribution in [2.24, 2.45) is 0 Å². The summed E-state index contributed by atoms with van der Waals surface area (Å²) in [5, 5.41) is 2.15. The molecule has 1 aliphatic rings. The van der Waals surface area contributed by atoms with Gasteiger partial charge in [-0.3, -0.25) is 0 Å². The standard InChI is InChI=1S/C15H28N2/c1-2-3-4-5-6-7-8-10-13-16-17-14-11-9-12-15-17/h9,11-12,14,16H,2-8,10,13,15H2,1H3. The van der Waals surface area contributed by atoms with Crippen LogP contribution >= 0.6 is 0 Å². The van der Waals surface area contributed by atoms with Gasteiger partial charge >= 0.3 is 0 Å². The summed E-state index contributed by atoms with van der Waals surface area (Å²) >= 11 is 0. The van der Waals surface area contributed by atoms with Gasteiger partial charge in [-0.05, 0) is 12.5 Å². The van der Waals surface area contributed by atoms with Crippen LogP contribution in [0.5, 0.6) is 0 Å². The minimum Gasteiger partial charge on any atom is -0.312 e. The van der Waals surface area contributed by atoms with Crippen LogP contribution in [0.25, 0.3) is 0 Å². The van der Waals surface area contributed by atoms with E-state index in [0.29, 0.717) is 0 Å². The van der Waals surface area contributed by atoms with Crippen LogP contribution in [-0.2, 0) is 0 Å². The topological polar surface area (TPSA) is 15.3 Å². The maximum atomic E-state index is 3.43. The fourth-order valence-corrected chi connectivity index (χ4v) is 2.07. The van der Waals surface area contributed by atoms with E-state index in [9.17, 15) is 0 Å². The van der Waals surface area contributed by atoms with E-state index < -0.39 is 0 Å². The molecular weight excluding hydrogens is 208 g/mol. The summed E-state index contributed by atoms with van der Waals surface area (Å²) in [6.45, 7) is 4.37. The molecule has 1 rings (SSSR count). The molecule has 0 saturated carbocycles. The summed E-state index contributed by atoms with van der Waals surface area (Å²) < 4.78 is 0. The quantitative estimate of drug-likeness (QED) is 0.576. The van der Waals surface area contributed by atoms with Crippen LogP contribution in [0.4, 0.5) is 0 Å². The van der Waals surface area contributed by atoms with Gasteiger partial charge in [0.15, 0.2) is 0 Å². The molecule has 1 heterocycles. The molecule has 0 aromatic rings. The summed E-state index contributed by atoms with van der Waals surface area (Å²) in [4.78, 5) is 0. The van der Waals surface area contributed by atoms with Gasteiger partial charge in [0.25, 0.3) is 0 Å². The van der Waals surface area contributed by atoms with Crippen LogP contribution in [0.3, 0.4) is 0 Å². The Morgan fingerprint density at radius 3 is 2.29 bits per heavy atom. The summed E-state index contributed by atoms with van der Waals surface area (Å²) in [5.41, 5.74) is 3.43. The Kier molecular flexibility index (Phi) is 8.75. The number of allylic oxidation sites excluding steroid dienone is 2. The molecule has 17 heavy (non-hydrogen) atoms. The predicted molar refractivity (Wildman–Crippen MR) is 75.6 cm³/mol. The van der Waals surface area contributed by atoms with Gasteiger partial charge in [-0.15, -0.1) is 0 Å². The first-order chi connectivity index (χ1) is 8.43. The molecule has 0 aromatic carbocycles. The van der Waals surface area contributed by atoms with E-state index in [1.165, 1.54) is 51.4 Å². The van der Waals surface area contributed by atoms with Gasteiger partial charge < -0.3 is 5.01 Å². The lowest BCUT2D eigenvalue weighted by Crippen LogP contribution is -2.34. The lowest BCUT2D eigenvalue weighted by atomic mass is 10.1. The summed E-state index contributed by atoms with van der Waals surface area (Å²) in [7, 11) is 0. The van der Waals surface area contributed by atoms with Gasteiger partial charge in [0, 0.05) is 12.7 Å². The van der Waals surface area contributed by atoms with Gasteiger partial charge in [-0.25, -0.2) is 5.43 Å². The third kappa shape index (κ3) is 8.03. The SMILES string of the molecule is CCCCCCCCCCNN1C=CC=CC1. The Bertz CT molecular complexity index is 221. The van der Waals surface area contributed by atoms with Crippen molar-refractivity contribution in [3.05, 3.63) is 24.4 Å². The molecular formula is C15H28N2. The van der Waals surface area contributed by atoms with Crippen LogP contribution in [0.15, 0.2) is 24.4 Å². The highest BCUT2D eigenvalue weighted by atomic mass is 15.5. The highest BCUT2D eigenvalue weighted by molar-refractivity contribution is 5.07. The van der Waals surface area contributed by atoms with Crippen LogP contribution in [-0.4, -0.2) is 18.1 Å². The second kappa shape index (κ2) is 10.4. The molecule has 0 atom stereocenters. The molecule has 0 spiro atoms. The van der Waals surface area contributed by atoms with Crippen molar-refractivity contribution in [3.8, 4) is 0 Å². The molecule has 0 unspecified atom stereocenters. The molecule has 2 heteroatoms. The zero-order valence-corrected chi connectivity index (χ0v) is 11.3. The number of unbranched alkanes of at least 4 members (excludes halogenated alkanes) is 7. The van der Waals surface area contributed by atoms with Crippen molar-refractivity contribution in [3.63, 3.8) is 0 Å². The van der Waals surface area contributed by atoms with E-state index in [1.807, 2.05) is 0 Å². The molecule has 2 nitrogen and oxygen atoms in total. The van der Waals surface area contributed by atoms with Crippen molar-refractivity contribution in [1.82, 2.24) is 10.4 Å². The fourth-order valence-electron chi connectivity index (χ4n) is 2.07. The number of nitrogens with one attached hydrogen (secondary N) is 1. The minimum absolute atomic E-state index is 0.994. The molecule has 0 radical (unpaired) electrons. The highest BCUT2D eigenvalue weighted by Gasteiger charge is 1.97. The van der Waals surface area contributed by atoms with Crippen molar-refractivity contribution in [2.45, 2.75) is 58.3 Å². The Labute approximate surface area is 107 Å². The lowest BCUT2D eigenvalue weighted by Gasteiger charge is -2.21. The molecule has 1 N–H and O–H groups in total. The fraction of sp³-hybridized carbons (Fsp3) is 0.733. The van der Waals surface area contributed by atoms with Crippen molar-refractivity contribution < 1.29 is 0 Å². The summed E-state index contributed by atoms with van der Waals surface area (Å²) in [6.07, 6.45) is 19.5. The number of nitrogens with zero attached hydrogens (tertiary/aromatic N) is 1. The first-order valence-electron chi connectivity index (χ1n) is 7.27. The minimum atomic E-state index is 0.994. The number of rotatable bonds is 10. The molecule has 0 aliphatic carbocycles. The van der Waals surface area contributed by atoms with Gasteiger partial charge in [0.2, 0.25) is 0 Å². The highest BCUT2D eigenvalue weighted by Crippen LogP contribution is 2.08. The van der Waals surface area contributed by atoms with E-state index in [4.69, 9.17) is 0 Å². The molecule has 0 saturated heterocycles. The average molecular weight is 236 g/mol. The monoisotopic (exact) mass is 236 g/mol. The molecule has 0 aromatic heterocycles. The van der Waals surface area contributed by atoms with Crippen LogP contribution in [0.2, 0.25) is 0 Å². The lowest BCUT2D eigenvalue weighted by molar-refractivity contribution is 0.291. The Hall–Kier alpha value is -0.760. The molecule has 0 amide bonds. The van der Waals surface area contributed by atoms with Crippen LogP contribution < -0.4 is 5.43 Å².